The van der Waals surface area contributed by atoms with Gasteiger partial charge in [0.2, 0.25) is 0 Å². The summed E-state index contributed by atoms with van der Waals surface area (Å²) in [5, 5.41) is 8.50. The highest BCUT2D eigenvalue weighted by atomic mass is 19.1. The Kier molecular flexibility index (Phi) is 3.33. The largest absolute Gasteiger partial charge is 0.207 e. The first-order valence-corrected chi connectivity index (χ1v) is 5.22. The monoisotopic (exact) mass is 247 g/mol. The van der Waals surface area contributed by atoms with Crippen LogP contribution in [-0.2, 0) is 6.42 Å². The quantitative estimate of drug-likeness (QED) is 0.791. The van der Waals surface area contributed by atoms with Crippen molar-refractivity contribution in [3.8, 4) is 17.2 Å². The smallest absolute Gasteiger partial charge is 0.131 e. The van der Waals surface area contributed by atoms with Crippen LogP contribution in [0.1, 0.15) is 5.56 Å². The summed E-state index contributed by atoms with van der Waals surface area (Å²) >= 11 is 0. The van der Waals surface area contributed by atoms with Crippen molar-refractivity contribution in [2.45, 2.75) is 6.42 Å². The molecule has 0 amide bonds. The first-order chi connectivity index (χ1) is 8.60. The van der Waals surface area contributed by atoms with Crippen LogP contribution in [0, 0.1) is 28.8 Å². The van der Waals surface area contributed by atoms with Crippen LogP contribution in [0.15, 0.2) is 36.4 Å². The molecule has 0 aliphatic carbocycles. The molecule has 0 fully saturated rings. The summed E-state index contributed by atoms with van der Waals surface area (Å²) in [7, 11) is 0. The Labute approximate surface area is 102 Å². The van der Waals surface area contributed by atoms with Crippen molar-refractivity contribution in [2.24, 2.45) is 0 Å². The average molecular weight is 247 g/mol. The normalized spacial score (nSPS) is 10.1. The molecule has 0 aliphatic rings. The van der Waals surface area contributed by atoms with Gasteiger partial charge in [0.25, 0.3) is 0 Å². The van der Waals surface area contributed by atoms with E-state index >= 15 is 0 Å². The van der Waals surface area contributed by atoms with Crippen LogP contribution in [0.2, 0.25) is 0 Å². The van der Waals surface area contributed by atoms with Crippen molar-refractivity contribution >= 4 is 0 Å². The van der Waals surface area contributed by atoms with Crippen LogP contribution >= 0.6 is 0 Å². The van der Waals surface area contributed by atoms with E-state index in [4.69, 9.17) is 5.26 Å². The minimum Gasteiger partial charge on any atom is -0.207 e. The average Bonchev–Trinajstić information content (AvgIpc) is 2.28. The molecule has 0 N–H and O–H groups in total. The van der Waals surface area contributed by atoms with Gasteiger partial charge < -0.3 is 0 Å². The van der Waals surface area contributed by atoms with Gasteiger partial charge >= 0.3 is 0 Å². The molecule has 0 spiro atoms. The fourth-order valence-corrected chi connectivity index (χ4v) is 1.70. The van der Waals surface area contributed by atoms with Gasteiger partial charge in [0.1, 0.15) is 17.5 Å². The van der Waals surface area contributed by atoms with Crippen molar-refractivity contribution in [1.29, 1.82) is 5.26 Å². The van der Waals surface area contributed by atoms with Gasteiger partial charge in [-0.25, -0.2) is 13.2 Å². The number of halogens is 3. The molecule has 2 aromatic rings. The molecule has 18 heavy (non-hydrogen) atoms. The first-order valence-electron chi connectivity index (χ1n) is 5.22. The maximum Gasteiger partial charge on any atom is 0.131 e. The Balaban J connectivity index is 2.48. The zero-order valence-corrected chi connectivity index (χ0v) is 9.25. The molecule has 2 rings (SSSR count). The van der Waals surface area contributed by atoms with Gasteiger partial charge in [0, 0.05) is 11.6 Å². The molecule has 0 bridgehead atoms. The number of nitrogens with zero attached hydrogens (tertiary/aromatic N) is 1. The number of hydrogen-bond donors (Lipinski definition) is 0. The van der Waals surface area contributed by atoms with Gasteiger partial charge in [-0.15, -0.1) is 0 Å². The lowest BCUT2D eigenvalue weighted by Gasteiger charge is -2.05. The standard InChI is InChI=1S/C14H8F3N/c15-11-6-10(7-12(16)8-11)13-2-1-9(3-4-18)5-14(13)17/h1-2,5-8H,3H2. The van der Waals surface area contributed by atoms with Crippen molar-refractivity contribution in [3.63, 3.8) is 0 Å². The highest BCUT2D eigenvalue weighted by Crippen LogP contribution is 2.25. The van der Waals surface area contributed by atoms with Crippen LogP contribution in [0.5, 0.6) is 0 Å². The fraction of sp³-hybridized carbons (Fsp3) is 0.0714. The molecule has 0 saturated heterocycles. The van der Waals surface area contributed by atoms with Crippen molar-refractivity contribution in [2.75, 3.05) is 0 Å². The predicted molar refractivity (Wildman–Crippen MR) is 61.1 cm³/mol. The van der Waals surface area contributed by atoms with E-state index in [1.807, 2.05) is 6.07 Å². The lowest BCUT2D eigenvalue weighted by atomic mass is 10.0. The second kappa shape index (κ2) is 4.92. The lowest BCUT2D eigenvalue weighted by molar-refractivity contribution is 0.583. The molecule has 0 heterocycles. The molecule has 2 aromatic carbocycles. The zero-order chi connectivity index (χ0) is 13.1. The summed E-state index contributed by atoms with van der Waals surface area (Å²) in [5.74, 6) is -2.12. The summed E-state index contributed by atoms with van der Waals surface area (Å²) in [4.78, 5) is 0. The van der Waals surface area contributed by atoms with Crippen molar-refractivity contribution in [1.82, 2.24) is 0 Å². The van der Waals surface area contributed by atoms with E-state index in [-0.39, 0.29) is 17.5 Å². The summed E-state index contributed by atoms with van der Waals surface area (Å²) in [6, 6.07) is 8.92. The zero-order valence-electron chi connectivity index (χ0n) is 9.25. The predicted octanol–water partition coefficient (Wildman–Crippen LogP) is 3.84. The maximum absolute atomic E-state index is 13.8. The van der Waals surface area contributed by atoms with Gasteiger partial charge in [0.15, 0.2) is 0 Å². The Morgan fingerprint density at radius 1 is 0.944 bits per heavy atom. The SMILES string of the molecule is N#CCc1ccc(-c2cc(F)cc(F)c2)c(F)c1. The van der Waals surface area contributed by atoms with Crippen LogP contribution in [0.4, 0.5) is 13.2 Å². The Bertz CT molecular complexity index is 609. The third kappa shape index (κ3) is 2.51. The molecule has 0 atom stereocenters. The summed E-state index contributed by atoms with van der Waals surface area (Å²) in [6.07, 6.45) is 0.0920. The molecule has 4 heteroatoms. The Hall–Kier alpha value is -2.28. The van der Waals surface area contributed by atoms with Gasteiger partial charge in [-0.1, -0.05) is 12.1 Å². The van der Waals surface area contributed by atoms with E-state index < -0.39 is 17.5 Å². The molecule has 1 nitrogen and oxygen atoms in total. The van der Waals surface area contributed by atoms with E-state index in [0.29, 0.717) is 5.56 Å². The molecular formula is C14H8F3N. The maximum atomic E-state index is 13.8. The summed E-state index contributed by atoms with van der Waals surface area (Å²) in [6.45, 7) is 0. The van der Waals surface area contributed by atoms with E-state index in [1.54, 1.807) is 6.07 Å². The molecule has 0 radical (unpaired) electrons. The van der Waals surface area contributed by atoms with Crippen LogP contribution < -0.4 is 0 Å². The number of benzene rings is 2. The van der Waals surface area contributed by atoms with Crippen LogP contribution in [-0.4, -0.2) is 0 Å². The number of hydrogen-bond acceptors (Lipinski definition) is 1. The third-order valence-electron chi connectivity index (χ3n) is 2.49. The summed E-state index contributed by atoms with van der Waals surface area (Å²) < 4.78 is 39.8. The van der Waals surface area contributed by atoms with Gasteiger partial charge in [0.05, 0.1) is 12.5 Å². The molecule has 90 valence electrons. The van der Waals surface area contributed by atoms with E-state index in [9.17, 15) is 13.2 Å². The first kappa shape index (κ1) is 12.2. The topological polar surface area (TPSA) is 23.8 Å². The van der Waals surface area contributed by atoms with Gasteiger partial charge in [-0.2, -0.15) is 5.26 Å². The Morgan fingerprint density at radius 2 is 1.61 bits per heavy atom. The highest BCUT2D eigenvalue weighted by molar-refractivity contribution is 5.64. The van der Waals surface area contributed by atoms with E-state index in [0.717, 1.165) is 18.2 Å². The van der Waals surface area contributed by atoms with Crippen LogP contribution in [0.25, 0.3) is 11.1 Å². The molecule has 0 unspecified atom stereocenters. The number of rotatable bonds is 2. The Morgan fingerprint density at radius 3 is 2.17 bits per heavy atom. The molecular weight excluding hydrogens is 239 g/mol. The van der Waals surface area contributed by atoms with Gasteiger partial charge in [-0.3, -0.25) is 0 Å². The third-order valence-corrected chi connectivity index (χ3v) is 2.49. The lowest BCUT2D eigenvalue weighted by Crippen LogP contribution is -1.90. The molecule has 0 aromatic heterocycles. The van der Waals surface area contributed by atoms with Gasteiger partial charge in [-0.05, 0) is 29.3 Å². The van der Waals surface area contributed by atoms with Crippen LogP contribution in [0.3, 0.4) is 0 Å². The molecule has 0 aliphatic heterocycles. The minimum atomic E-state index is -0.759. The van der Waals surface area contributed by atoms with Crippen molar-refractivity contribution in [3.05, 3.63) is 59.4 Å². The highest BCUT2D eigenvalue weighted by Gasteiger charge is 2.09. The second-order valence-electron chi connectivity index (χ2n) is 3.81. The van der Waals surface area contributed by atoms with E-state index in [2.05, 4.69) is 0 Å². The fourth-order valence-electron chi connectivity index (χ4n) is 1.70. The van der Waals surface area contributed by atoms with E-state index in [1.165, 1.54) is 12.1 Å². The number of nitriles is 1. The second-order valence-corrected chi connectivity index (χ2v) is 3.81. The molecule has 0 saturated carbocycles. The summed E-state index contributed by atoms with van der Waals surface area (Å²) in [5.41, 5.74) is 0.763. The van der Waals surface area contributed by atoms with Crippen molar-refractivity contribution < 1.29 is 13.2 Å². The minimum absolute atomic E-state index is 0.0920.